The number of piperazine rings is 1. The van der Waals surface area contributed by atoms with Gasteiger partial charge in [-0.15, -0.1) is 0 Å². The second kappa shape index (κ2) is 8.04. The number of fused-ring (bicyclic) bond motifs is 1. The Kier molecular flexibility index (Phi) is 5.75. The van der Waals surface area contributed by atoms with Gasteiger partial charge in [-0.25, -0.2) is 4.79 Å². The Bertz CT molecular complexity index is 676. The van der Waals surface area contributed by atoms with Crippen LogP contribution in [0.2, 0.25) is 0 Å². The molecule has 0 aromatic carbocycles. The summed E-state index contributed by atoms with van der Waals surface area (Å²) in [6.07, 6.45) is 7.49. The predicted molar refractivity (Wildman–Crippen MR) is 111 cm³/mol. The summed E-state index contributed by atoms with van der Waals surface area (Å²) in [4.78, 5) is 40.8. The van der Waals surface area contributed by atoms with Crippen molar-refractivity contribution in [2.75, 3.05) is 26.2 Å². The maximum Gasteiger partial charge on any atom is 0.410 e. The molecule has 1 heterocycles. The third kappa shape index (κ3) is 4.92. The summed E-state index contributed by atoms with van der Waals surface area (Å²) in [5, 5.41) is 0. The number of hydrogen-bond acceptors (Lipinski definition) is 5. The van der Waals surface area contributed by atoms with Crippen LogP contribution in [-0.2, 0) is 19.1 Å². The normalized spacial score (nSPS) is 33.2. The Morgan fingerprint density at radius 2 is 1.40 bits per heavy atom. The lowest BCUT2D eigenvalue weighted by Gasteiger charge is -2.47. The number of ether oxygens (including phenoxy) is 2. The molecule has 1 saturated heterocycles. The van der Waals surface area contributed by atoms with E-state index in [1.54, 1.807) is 9.80 Å². The monoisotopic (exact) mass is 420 g/mol. The molecular weight excluding hydrogens is 384 g/mol. The van der Waals surface area contributed by atoms with Gasteiger partial charge in [0.05, 0.1) is 0 Å². The first-order chi connectivity index (χ1) is 14.1. The minimum Gasteiger partial charge on any atom is -0.459 e. The molecule has 30 heavy (non-hydrogen) atoms. The van der Waals surface area contributed by atoms with Gasteiger partial charge in [0.1, 0.15) is 17.6 Å². The predicted octanol–water partition coefficient (Wildman–Crippen LogP) is 3.36. The van der Waals surface area contributed by atoms with Crippen molar-refractivity contribution in [1.82, 2.24) is 9.80 Å². The Morgan fingerprint density at radius 3 is 1.97 bits per heavy atom. The highest BCUT2D eigenvalue weighted by Crippen LogP contribution is 2.54. The highest BCUT2D eigenvalue weighted by molar-refractivity contribution is 5.94. The fourth-order valence-electron chi connectivity index (χ4n) is 6.21. The van der Waals surface area contributed by atoms with Gasteiger partial charge < -0.3 is 19.3 Å². The summed E-state index contributed by atoms with van der Waals surface area (Å²) in [5.41, 5.74) is -0.857. The van der Waals surface area contributed by atoms with Gasteiger partial charge in [0, 0.05) is 26.2 Å². The van der Waals surface area contributed by atoms with Crippen molar-refractivity contribution in [3.63, 3.8) is 0 Å². The number of carbonyl (C=O) groups excluding carboxylic acids is 3. The molecule has 2 atom stereocenters. The zero-order valence-electron chi connectivity index (χ0n) is 18.7. The molecule has 0 radical (unpaired) electrons. The third-order valence-corrected chi connectivity index (χ3v) is 7.21. The highest BCUT2D eigenvalue weighted by atomic mass is 16.6. The van der Waals surface area contributed by atoms with Crippen molar-refractivity contribution in [2.45, 2.75) is 83.3 Å². The highest BCUT2D eigenvalue weighted by Gasteiger charge is 2.51. The summed E-state index contributed by atoms with van der Waals surface area (Å²) in [6.45, 7) is 7.19. The van der Waals surface area contributed by atoms with Crippen molar-refractivity contribution < 1.29 is 23.9 Å². The van der Waals surface area contributed by atoms with Crippen LogP contribution in [0.25, 0.3) is 0 Å². The number of carbonyl (C=O) groups is 3. The first kappa shape index (κ1) is 21.4. The van der Waals surface area contributed by atoms with Crippen LogP contribution in [0.15, 0.2) is 0 Å². The molecule has 168 valence electrons. The molecule has 4 aliphatic carbocycles. The zero-order chi connectivity index (χ0) is 21.5. The van der Waals surface area contributed by atoms with Gasteiger partial charge in [-0.2, -0.15) is 0 Å². The van der Waals surface area contributed by atoms with E-state index in [2.05, 4.69) is 0 Å². The van der Waals surface area contributed by atoms with E-state index in [1.807, 2.05) is 20.8 Å². The Hall–Kier alpha value is -1.79. The van der Waals surface area contributed by atoms with Crippen LogP contribution >= 0.6 is 0 Å². The largest absolute Gasteiger partial charge is 0.459 e. The Labute approximate surface area is 179 Å². The van der Waals surface area contributed by atoms with Crippen LogP contribution in [0.3, 0.4) is 0 Å². The Morgan fingerprint density at radius 1 is 0.867 bits per heavy atom. The van der Waals surface area contributed by atoms with Crippen LogP contribution in [0.4, 0.5) is 4.79 Å². The average Bonchev–Trinajstić information content (AvgIpc) is 2.85. The van der Waals surface area contributed by atoms with Crippen LogP contribution < -0.4 is 0 Å². The van der Waals surface area contributed by atoms with Gasteiger partial charge in [-0.05, 0) is 70.6 Å². The number of hydrogen-bond donors (Lipinski definition) is 0. The molecule has 0 aromatic rings. The zero-order valence-corrected chi connectivity index (χ0v) is 18.7. The molecule has 0 spiro atoms. The van der Waals surface area contributed by atoms with Crippen LogP contribution in [-0.4, -0.2) is 65.2 Å². The van der Waals surface area contributed by atoms with Gasteiger partial charge in [0.15, 0.2) is 0 Å². The van der Waals surface area contributed by atoms with Crippen LogP contribution in [0.1, 0.15) is 72.1 Å². The van der Waals surface area contributed by atoms with Gasteiger partial charge >= 0.3 is 12.1 Å². The van der Waals surface area contributed by atoms with Gasteiger partial charge in [-0.3, -0.25) is 9.59 Å². The van der Waals surface area contributed by atoms with E-state index in [1.165, 1.54) is 25.7 Å². The van der Waals surface area contributed by atoms with E-state index in [9.17, 15) is 14.4 Å². The van der Waals surface area contributed by atoms with Crippen molar-refractivity contribution >= 4 is 18.0 Å². The maximum absolute atomic E-state index is 12.7. The topological polar surface area (TPSA) is 76.2 Å². The molecular formula is C23H36N2O5. The molecule has 7 heteroatoms. The quantitative estimate of drug-likeness (QED) is 0.517. The summed E-state index contributed by atoms with van der Waals surface area (Å²) >= 11 is 0. The molecule has 2 unspecified atom stereocenters. The molecule has 1 aliphatic heterocycles. The van der Waals surface area contributed by atoms with E-state index >= 15 is 0 Å². The molecule has 0 aromatic heterocycles. The average molecular weight is 421 g/mol. The van der Waals surface area contributed by atoms with E-state index in [-0.39, 0.29) is 30.0 Å². The van der Waals surface area contributed by atoms with Crippen LogP contribution in [0.5, 0.6) is 0 Å². The van der Waals surface area contributed by atoms with Crippen molar-refractivity contribution in [3.8, 4) is 0 Å². The molecule has 4 bridgehead atoms. The second-order valence-electron chi connectivity index (χ2n) is 10.9. The number of rotatable bonds is 3. The van der Waals surface area contributed by atoms with E-state index in [4.69, 9.17) is 9.47 Å². The molecule has 4 saturated carbocycles. The number of amides is 2. The van der Waals surface area contributed by atoms with Gasteiger partial charge in [-0.1, -0.05) is 12.8 Å². The van der Waals surface area contributed by atoms with Gasteiger partial charge in [0.25, 0.3) is 0 Å². The molecule has 0 N–H and O–H groups in total. The van der Waals surface area contributed by atoms with E-state index in [0.717, 1.165) is 19.3 Å². The fraction of sp³-hybridized carbons (Fsp3) is 0.870. The van der Waals surface area contributed by atoms with Crippen molar-refractivity contribution in [3.05, 3.63) is 0 Å². The molecule has 5 rings (SSSR count). The molecule has 2 amide bonds. The minimum atomic E-state index is -0.538. The first-order valence-electron chi connectivity index (χ1n) is 11.6. The first-order valence-corrected chi connectivity index (χ1v) is 11.6. The third-order valence-electron chi connectivity index (χ3n) is 7.21. The van der Waals surface area contributed by atoms with E-state index < -0.39 is 5.60 Å². The van der Waals surface area contributed by atoms with Crippen LogP contribution in [0, 0.1) is 17.8 Å². The lowest BCUT2D eigenvalue weighted by Crippen LogP contribution is -2.52. The number of nitrogens with zero attached hydrogens (tertiary/aromatic N) is 2. The lowest BCUT2D eigenvalue weighted by atomic mass is 9.65. The van der Waals surface area contributed by atoms with E-state index in [0.29, 0.717) is 43.9 Å². The second-order valence-corrected chi connectivity index (χ2v) is 10.9. The molecule has 7 nitrogen and oxygen atoms in total. The SMILES string of the molecule is CC(C)(C)OC(=O)N1CCN(C(=O)CC(=O)OC23CC4CCC(CC(C4)C2)C3)CC1. The summed E-state index contributed by atoms with van der Waals surface area (Å²) < 4.78 is 11.4. The Balaban J connectivity index is 1.26. The summed E-state index contributed by atoms with van der Waals surface area (Å²) in [7, 11) is 0. The summed E-state index contributed by atoms with van der Waals surface area (Å²) in [6, 6.07) is 0. The van der Waals surface area contributed by atoms with Crippen molar-refractivity contribution in [1.29, 1.82) is 0 Å². The minimum absolute atomic E-state index is 0.200. The smallest absolute Gasteiger partial charge is 0.410 e. The standard InChI is InChI=1S/C23H36N2O5/c1-22(2,3)30-21(28)25-8-6-24(7-9-25)19(26)12-20(27)29-23-13-16-4-5-17(14-23)11-18(10-16)15-23/h16-18H,4-15H2,1-3H3. The number of esters is 1. The van der Waals surface area contributed by atoms with Crippen molar-refractivity contribution in [2.24, 2.45) is 17.8 Å². The van der Waals surface area contributed by atoms with Gasteiger partial charge in [0.2, 0.25) is 5.91 Å². The fourth-order valence-corrected chi connectivity index (χ4v) is 6.21. The lowest BCUT2D eigenvalue weighted by molar-refractivity contribution is -0.175. The molecule has 5 aliphatic rings. The molecule has 5 fully saturated rings. The summed E-state index contributed by atoms with van der Waals surface area (Å²) in [5.74, 6) is 1.47. The maximum atomic E-state index is 12.7.